The van der Waals surface area contributed by atoms with Gasteiger partial charge in [-0.3, -0.25) is 0 Å². The lowest BCUT2D eigenvalue weighted by Crippen LogP contribution is -2.61. The number of hydrogen-bond acceptors (Lipinski definition) is 4. The Morgan fingerprint density at radius 1 is 0.462 bits per heavy atom. The van der Waals surface area contributed by atoms with E-state index < -0.39 is 0 Å². The summed E-state index contributed by atoms with van der Waals surface area (Å²) < 4.78 is 13.0. The Bertz CT molecular complexity index is 2060. The predicted octanol–water partition coefficient (Wildman–Crippen LogP) is 7.13. The second kappa shape index (κ2) is 6.83. The van der Waals surface area contributed by atoms with E-state index in [1.54, 1.807) is 0 Å². The number of benzene rings is 6. The van der Waals surface area contributed by atoms with Gasteiger partial charge in [-0.1, -0.05) is 72.8 Å². The zero-order valence-corrected chi connectivity index (χ0v) is 20.8. The molecule has 10 rings (SSSR count). The van der Waals surface area contributed by atoms with Gasteiger partial charge < -0.3 is 19.3 Å². The highest BCUT2D eigenvalue weighted by atomic mass is 16.5. The van der Waals surface area contributed by atoms with Crippen LogP contribution in [0.1, 0.15) is 0 Å². The van der Waals surface area contributed by atoms with Crippen LogP contribution in [0.15, 0.2) is 115 Å². The number of rotatable bonds is 0. The van der Waals surface area contributed by atoms with Crippen LogP contribution >= 0.6 is 0 Å². The number of para-hydroxylation sites is 6. The molecule has 4 aliphatic heterocycles. The minimum absolute atomic E-state index is 0.0414. The molecule has 39 heavy (non-hydrogen) atoms. The van der Waals surface area contributed by atoms with E-state index >= 15 is 0 Å². The first-order valence-corrected chi connectivity index (χ1v) is 13.3. The molecule has 0 radical (unpaired) electrons. The number of nitrogens with zero attached hydrogens (tertiary/aromatic N) is 2. The molecule has 4 heterocycles. The van der Waals surface area contributed by atoms with Gasteiger partial charge >= 0.3 is 0 Å². The van der Waals surface area contributed by atoms with Gasteiger partial charge in [-0.25, -0.2) is 0 Å². The monoisotopic (exact) mass is 498 g/mol. The zero-order chi connectivity index (χ0) is 25.2. The van der Waals surface area contributed by atoms with Crippen LogP contribution < -0.4 is 35.7 Å². The SMILES string of the molecule is c1ccc2c(c1)Oc1cccc3c1N2c1cc2ccccc2c2c1B3c1cccc3c1N2c1ccccc1O3. The number of ether oxygens (including phenoxy) is 2. The van der Waals surface area contributed by atoms with Crippen LogP contribution in [0.2, 0.25) is 0 Å². The fourth-order valence-electron chi connectivity index (χ4n) is 7.12. The lowest BCUT2D eigenvalue weighted by atomic mass is 9.33. The third-order valence-electron chi connectivity index (χ3n) is 8.57. The van der Waals surface area contributed by atoms with Crippen LogP contribution in [0.25, 0.3) is 10.8 Å². The zero-order valence-electron chi connectivity index (χ0n) is 20.8. The standard InChI is InChI=1S/C34H19BN2O2/c1-2-10-21-20(9-1)19-26-31-32(21)37-25-14-4-6-16-28(25)39-30-18-8-12-23(34(30)37)35(31)22-11-7-17-29-33(22)36(26)24-13-3-5-15-27(24)38-29/h1-19H. The second-order valence-electron chi connectivity index (χ2n) is 10.5. The van der Waals surface area contributed by atoms with E-state index in [1.165, 1.54) is 38.5 Å². The molecule has 5 heteroatoms. The molecular weight excluding hydrogens is 479 g/mol. The summed E-state index contributed by atoms with van der Waals surface area (Å²) >= 11 is 0. The first-order chi connectivity index (χ1) is 19.4. The van der Waals surface area contributed by atoms with Crippen molar-refractivity contribution in [3.8, 4) is 23.0 Å². The van der Waals surface area contributed by atoms with Crippen LogP contribution in [-0.2, 0) is 0 Å². The maximum absolute atomic E-state index is 6.53. The molecular formula is C34H19BN2O2. The molecule has 0 aromatic heterocycles. The second-order valence-corrected chi connectivity index (χ2v) is 10.5. The summed E-state index contributed by atoms with van der Waals surface area (Å²) in [6.07, 6.45) is 0. The maximum Gasteiger partial charge on any atom is 0.252 e. The Hall–Kier alpha value is -5.16. The van der Waals surface area contributed by atoms with E-state index in [0.29, 0.717) is 0 Å². The molecule has 6 aromatic carbocycles. The normalized spacial score (nSPS) is 14.4. The predicted molar refractivity (Wildman–Crippen MR) is 158 cm³/mol. The van der Waals surface area contributed by atoms with Gasteiger partial charge in [-0.05, 0) is 64.2 Å². The molecule has 180 valence electrons. The quantitative estimate of drug-likeness (QED) is 0.208. The molecule has 0 unspecified atom stereocenters. The van der Waals surface area contributed by atoms with Crippen molar-refractivity contribution in [2.75, 3.05) is 9.80 Å². The van der Waals surface area contributed by atoms with Gasteiger partial charge in [0.1, 0.15) is 0 Å². The van der Waals surface area contributed by atoms with Crippen LogP contribution in [0.3, 0.4) is 0 Å². The highest BCUT2D eigenvalue weighted by Gasteiger charge is 2.48. The summed E-state index contributed by atoms with van der Waals surface area (Å²) in [6.45, 7) is 0.0414. The first-order valence-electron chi connectivity index (χ1n) is 13.3. The minimum Gasteiger partial charge on any atom is -0.453 e. The summed E-state index contributed by atoms with van der Waals surface area (Å²) in [6, 6.07) is 40.8. The van der Waals surface area contributed by atoms with Gasteiger partial charge in [0.15, 0.2) is 23.0 Å². The summed E-state index contributed by atoms with van der Waals surface area (Å²) in [5.41, 5.74) is 10.6. The highest BCUT2D eigenvalue weighted by molar-refractivity contribution is 7.00. The van der Waals surface area contributed by atoms with E-state index in [1.807, 2.05) is 12.1 Å². The van der Waals surface area contributed by atoms with Crippen molar-refractivity contribution in [3.05, 3.63) is 115 Å². The van der Waals surface area contributed by atoms with Gasteiger partial charge in [-0.2, -0.15) is 0 Å². The van der Waals surface area contributed by atoms with Gasteiger partial charge in [0, 0.05) is 11.1 Å². The van der Waals surface area contributed by atoms with Crippen molar-refractivity contribution >= 4 is 68.0 Å². The van der Waals surface area contributed by atoms with Crippen molar-refractivity contribution in [1.82, 2.24) is 0 Å². The van der Waals surface area contributed by atoms with Crippen LogP contribution in [0.5, 0.6) is 23.0 Å². The molecule has 6 aromatic rings. The van der Waals surface area contributed by atoms with Gasteiger partial charge in [-0.15, -0.1) is 0 Å². The summed E-state index contributed by atoms with van der Waals surface area (Å²) in [4.78, 5) is 4.87. The molecule has 0 atom stereocenters. The Kier molecular flexibility index (Phi) is 3.48. The van der Waals surface area contributed by atoms with Crippen molar-refractivity contribution < 1.29 is 9.47 Å². The summed E-state index contributed by atoms with van der Waals surface area (Å²) in [5, 5.41) is 2.44. The minimum atomic E-state index is 0.0414. The maximum atomic E-state index is 6.53. The van der Waals surface area contributed by atoms with Gasteiger partial charge in [0.05, 0.1) is 28.4 Å². The lowest BCUT2D eigenvalue weighted by Gasteiger charge is -2.47. The smallest absolute Gasteiger partial charge is 0.252 e. The molecule has 0 spiro atoms. The number of hydrogen-bond donors (Lipinski definition) is 0. The fraction of sp³-hybridized carbons (Fsp3) is 0. The largest absolute Gasteiger partial charge is 0.453 e. The van der Waals surface area contributed by atoms with E-state index in [4.69, 9.17) is 9.47 Å². The Labute approximate surface area is 225 Å². The summed E-state index contributed by atoms with van der Waals surface area (Å²) in [5.74, 6) is 3.52. The third-order valence-corrected chi connectivity index (χ3v) is 8.57. The molecule has 0 saturated heterocycles. The van der Waals surface area contributed by atoms with E-state index in [0.717, 1.165) is 45.7 Å². The van der Waals surface area contributed by atoms with Gasteiger partial charge in [0.25, 0.3) is 6.71 Å². The third kappa shape index (κ3) is 2.33. The topological polar surface area (TPSA) is 24.9 Å². The van der Waals surface area contributed by atoms with Crippen molar-refractivity contribution in [2.45, 2.75) is 0 Å². The molecule has 4 aliphatic rings. The Balaban J connectivity index is 1.42. The fourth-order valence-corrected chi connectivity index (χ4v) is 7.12. The van der Waals surface area contributed by atoms with Crippen LogP contribution in [0, 0.1) is 0 Å². The van der Waals surface area contributed by atoms with E-state index in [2.05, 4.69) is 113 Å². The van der Waals surface area contributed by atoms with Crippen molar-refractivity contribution in [3.63, 3.8) is 0 Å². The Morgan fingerprint density at radius 3 is 1.74 bits per heavy atom. The molecule has 0 aliphatic carbocycles. The molecule has 0 bridgehead atoms. The van der Waals surface area contributed by atoms with Crippen LogP contribution in [-0.4, -0.2) is 6.71 Å². The van der Waals surface area contributed by atoms with Gasteiger partial charge in [0.2, 0.25) is 0 Å². The lowest BCUT2D eigenvalue weighted by molar-refractivity contribution is 0.477. The molecule has 0 amide bonds. The molecule has 4 nitrogen and oxygen atoms in total. The average molecular weight is 498 g/mol. The Morgan fingerprint density at radius 2 is 1.03 bits per heavy atom. The molecule has 0 saturated carbocycles. The van der Waals surface area contributed by atoms with E-state index in [-0.39, 0.29) is 6.71 Å². The summed E-state index contributed by atoms with van der Waals surface area (Å²) in [7, 11) is 0. The number of anilines is 6. The molecule has 0 fully saturated rings. The molecule has 0 N–H and O–H groups in total. The highest BCUT2D eigenvalue weighted by Crippen LogP contribution is 2.57. The van der Waals surface area contributed by atoms with Crippen LogP contribution in [0.4, 0.5) is 34.1 Å². The average Bonchev–Trinajstić information content (AvgIpc) is 2.99. The van der Waals surface area contributed by atoms with Crippen molar-refractivity contribution in [2.24, 2.45) is 0 Å². The number of fused-ring (bicyclic) bond motifs is 10. The van der Waals surface area contributed by atoms with Crippen molar-refractivity contribution in [1.29, 1.82) is 0 Å². The first kappa shape index (κ1) is 19.9. The van der Waals surface area contributed by atoms with E-state index in [9.17, 15) is 0 Å².